The van der Waals surface area contributed by atoms with Gasteiger partial charge in [0.15, 0.2) is 5.69 Å². The lowest BCUT2D eigenvalue weighted by molar-refractivity contribution is 0.0595. The number of nitrogen functional groups attached to an aromatic ring is 1. The van der Waals surface area contributed by atoms with Gasteiger partial charge in [-0.25, -0.2) is 14.2 Å². The van der Waals surface area contributed by atoms with E-state index in [0.29, 0.717) is 5.56 Å². The van der Waals surface area contributed by atoms with Gasteiger partial charge in [-0.15, -0.1) is 0 Å². The van der Waals surface area contributed by atoms with E-state index in [0.717, 1.165) is 5.56 Å². The van der Waals surface area contributed by atoms with Gasteiger partial charge in [-0.3, -0.25) is 0 Å². The van der Waals surface area contributed by atoms with Crippen LogP contribution in [0.15, 0.2) is 36.5 Å². The van der Waals surface area contributed by atoms with Gasteiger partial charge in [0.2, 0.25) is 0 Å². The summed E-state index contributed by atoms with van der Waals surface area (Å²) in [4.78, 5) is 15.3. The molecule has 0 saturated heterocycles. The van der Waals surface area contributed by atoms with Crippen LogP contribution < -0.4 is 5.73 Å². The zero-order chi connectivity index (χ0) is 13.1. The first kappa shape index (κ1) is 12.0. The van der Waals surface area contributed by atoms with E-state index in [1.54, 1.807) is 18.2 Å². The number of halogens is 1. The molecule has 0 amide bonds. The molecule has 0 aliphatic rings. The fraction of sp³-hybridized carbons (Fsp3) is 0.0769. The molecule has 2 aromatic rings. The summed E-state index contributed by atoms with van der Waals surface area (Å²) in [5.41, 5.74) is 7.50. The fourth-order valence-electron chi connectivity index (χ4n) is 1.55. The molecule has 5 heteroatoms. The third-order valence-corrected chi connectivity index (χ3v) is 2.47. The highest BCUT2D eigenvalue weighted by Crippen LogP contribution is 2.22. The summed E-state index contributed by atoms with van der Waals surface area (Å²) >= 11 is 0. The minimum Gasteiger partial charge on any atom is -0.464 e. The van der Waals surface area contributed by atoms with Gasteiger partial charge >= 0.3 is 5.97 Å². The number of hydrogen-bond donors (Lipinski definition) is 1. The van der Waals surface area contributed by atoms with Crippen molar-refractivity contribution < 1.29 is 13.9 Å². The average molecular weight is 246 g/mol. The van der Waals surface area contributed by atoms with E-state index in [2.05, 4.69) is 9.72 Å². The number of benzene rings is 1. The molecule has 4 nitrogen and oxygen atoms in total. The Labute approximate surface area is 103 Å². The Balaban J connectivity index is 2.40. The molecular weight excluding hydrogens is 235 g/mol. The van der Waals surface area contributed by atoms with Crippen LogP contribution in [-0.2, 0) is 4.74 Å². The zero-order valence-corrected chi connectivity index (χ0v) is 9.68. The Morgan fingerprint density at radius 2 is 1.94 bits per heavy atom. The summed E-state index contributed by atoms with van der Waals surface area (Å²) in [7, 11) is 1.26. The number of hydrogen-bond acceptors (Lipinski definition) is 4. The summed E-state index contributed by atoms with van der Waals surface area (Å²) in [6, 6.07) is 7.53. The van der Waals surface area contributed by atoms with E-state index in [1.165, 1.54) is 25.4 Å². The lowest BCUT2D eigenvalue weighted by Gasteiger charge is -2.06. The predicted molar refractivity (Wildman–Crippen MR) is 65.4 cm³/mol. The molecule has 0 radical (unpaired) electrons. The largest absolute Gasteiger partial charge is 0.464 e. The Hall–Kier alpha value is -2.43. The molecule has 0 fully saturated rings. The average Bonchev–Trinajstić information content (AvgIpc) is 2.38. The molecule has 2 N–H and O–H groups in total. The molecular formula is C13H11FN2O2. The van der Waals surface area contributed by atoms with Crippen LogP contribution in [0.3, 0.4) is 0 Å². The van der Waals surface area contributed by atoms with E-state index in [1.807, 2.05) is 0 Å². The van der Waals surface area contributed by atoms with E-state index in [9.17, 15) is 9.18 Å². The SMILES string of the molecule is COC(=O)c1ncc(-c2ccc(F)cc2)cc1N. The number of nitrogens with two attached hydrogens (primary N) is 1. The molecule has 0 atom stereocenters. The number of rotatable bonds is 2. The number of pyridine rings is 1. The van der Waals surface area contributed by atoms with Crippen LogP contribution in [0.2, 0.25) is 0 Å². The van der Waals surface area contributed by atoms with Crippen molar-refractivity contribution in [2.24, 2.45) is 0 Å². The minimum atomic E-state index is -0.585. The molecule has 0 unspecified atom stereocenters. The molecule has 0 saturated carbocycles. The Morgan fingerprint density at radius 3 is 2.50 bits per heavy atom. The molecule has 18 heavy (non-hydrogen) atoms. The highest BCUT2D eigenvalue weighted by atomic mass is 19.1. The van der Waals surface area contributed by atoms with Crippen LogP contribution in [-0.4, -0.2) is 18.1 Å². The maximum absolute atomic E-state index is 12.8. The first-order chi connectivity index (χ1) is 8.61. The maximum atomic E-state index is 12.8. The lowest BCUT2D eigenvalue weighted by atomic mass is 10.1. The normalized spacial score (nSPS) is 10.1. The van der Waals surface area contributed by atoms with Crippen molar-refractivity contribution in [2.75, 3.05) is 12.8 Å². The van der Waals surface area contributed by atoms with Crippen molar-refractivity contribution in [1.29, 1.82) is 0 Å². The van der Waals surface area contributed by atoms with Crippen LogP contribution in [0, 0.1) is 5.82 Å². The van der Waals surface area contributed by atoms with Crippen molar-refractivity contribution in [3.63, 3.8) is 0 Å². The van der Waals surface area contributed by atoms with Crippen molar-refractivity contribution in [3.05, 3.63) is 48.0 Å². The summed E-state index contributed by atoms with van der Waals surface area (Å²) in [5, 5.41) is 0. The molecule has 0 aliphatic carbocycles. The number of anilines is 1. The highest BCUT2D eigenvalue weighted by molar-refractivity contribution is 5.93. The van der Waals surface area contributed by atoms with Crippen LogP contribution in [0.5, 0.6) is 0 Å². The van der Waals surface area contributed by atoms with E-state index < -0.39 is 5.97 Å². The van der Waals surface area contributed by atoms with E-state index in [-0.39, 0.29) is 17.2 Å². The third kappa shape index (κ3) is 2.29. The molecule has 1 aromatic carbocycles. The van der Waals surface area contributed by atoms with Crippen molar-refractivity contribution in [2.45, 2.75) is 0 Å². The number of carbonyl (C=O) groups excluding carboxylic acids is 1. The van der Waals surface area contributed by atoms with Crippen LogP contribution in [0.4, 0.5) is 10.1 Å². The number of aromatic nitrogens is 1. The second-order valence-electron chi connectivity index (χ2n) is 3.66. The Morgan fingerprint density at radius 1 is 1.28 bits per heavy atom. The smallest absolute Gasteiger partial charge is 0.358 e. The summed E-state index contributed by atoms with van der Waals surface area (Å²) in [6.07, 6.45) is 1.50. The number of methoxy groups -OCH3 is 1. The second kappa shape index (κ2) is 4.83. The quantitative estimate of drug-likeness (QED) is 0.825. The molecule has 2 rings (SSSR count). The van der Waals surface area contributed by atoms with Crippen LogP contribution >= 0.6 is 0 Å². The van der Waals surface area contributed by atoms with Crippen LogP contribution in [0.25, 0.3) is 11.1 Å². The van der Waals surface area contributed by atoms with Gasteiger partial charge in [0.05, 0.1) is 12.8 Å². The standard InChI is InChI=1S/C13H11FN2O2/c1-18-13(17)12-11(15)6-9(7-16-12)8-2-4-10(14)5-3-8/h2-7H,15H2,1H3. The number of carbonyl (C=O) groups is 1. The first-order valence-corrected chi connectivity index (χ1v) is 5.21. The van der Waals surface area contributed by atoms with Crippen LogP contribution in [0.1, 0.15) is 10.5 Å². The molecule has 0 aliphatic heterocycles. The first-order valence-electron chi connectivity index (χ1n) is 5.21. The van der Waals surface area contributed by atoms with Gasteiger partial charge in [0.25, 0.3) is 0 Å². The van der Waals surface area contributed by atoms with Crippen molar-refractivity contribution in [3.8, 4) is 11.1 Å². The van der Waals surface area contributed by atoms with Gasteiger partial charge in [-0.1, -0.05) is 12.1 Å². The Kier molecular flexibility index (Phi) is 3.23. The predicted octanol–water partition coefficient (Wildman–Crippen LogP) is 2.26. The number of esters is 1. The van der Waals surface area contributed by atoms with E-state index >= 15 is 0 Å². The highest BCUT2D eigenvalue weighted by Gasteiger charge is 2.12. The van der Waals surface area contributed by atoms with Gasteiger partial charge in [-0.2, -0.15) is 0 Å². The Bertz CT molecular complexity index is 582. The number of ether oxygens (including phenoxy) is 1. The fourth-order valence-corrected chi connectivity index (χ4v) is 1.55. The monoisotopic (exact) mass is 246 g/mol. The number of nitrogens with zero attached hydrogens (tertiary/aromatic N) is 1. The second-order valence-corrected chi connectivity index (χ2v) is 3.66. The molecule has 1 aromatic heterocycles. The summed E-state index contributed by atoms with van der Waals surface area (Å²) < 4.78 is 17.3. The lowest BCUT2D eigenvalue weighted by Crippen LogP contribution is -2.08. The molecule has 0 spiro atoms. The minimum absolute atomic E-state index is 0.0726. The van der Waals surface area contributed by atoms with Crippen molar-refractivity contribution in [1.82, 2.24) is 4.98 Å². The molecule has 92 valence electrons. The van der Waals surface area contributed by atoms with Crippen molar-refractivity contribution >= 4 is 11.7 Å². The molecule has 0 bridgehead atoms. The topological polar surface area (TPSA) is 65.2 Å². The zero-order valence-electron chi connectivity index (χ0n) is 9.68. The van der Waals surface area contributed by atoms with Gasteiger partial charge < -0.3 is 10.5 Å². The van der Waals surface area contributed by atoms with Gasteiger partial charge in [0, 0.05) is 11.8 Å². The van der Waals surface area contributed by atoms with Gasteiger partial charge in [0.1, 0.15) is 5.82 Å². The summed E-state index contributed by atoms with van der Waals surface area (Å²) in [5.74, 6) is -0.899. The summed E-state index contributed by atoms with van der Waals surface area (Å²) in [6.45, 7) is 0. The van der Waals surface area contributed by atoms with E-state index in [4.69, 9.17) is 5.73 Å². The third-order valence-electron chi connectivity index (χ3n) is 2.47. The van der Waals surface area contributed by atoms with Gasteiger partial charge in [-0.05, 0) is 23.8 Å². The molecule has 1 heterocycles. The maximum Gasteiger partial charge on any atom is 0.358 e.